The number of carbonyl (C=O) groups is 1. The lowest BCUT2D eigenvalue weighted by atomic mass is 10.1. The maximum atomic E-state index is 12.7. The number of piperazine rings is 1. The van der Waals surface area contributed by atoms with Gasteiger partial charge < -0.3 is 14.5 Å². The molecule has 5 nitrogen and oxygen atoms in total. The van der Waals surface area contributed by atoms with Gasteiger partial charge >= 0.3 is 0 Å². The van der Waals surface area contributed by atoms with Crippen LogP contribution < -0.4 is 9.64 Å². The Kier molecular flexibility index (Phi) is 5.11. The summed E-state index contributed by atoms with van der Waals surface area (Å²) in [5.74, 6) is 1.27. The molecule has 1 aromatic carbocycles. The molecule has 1 amide bonds. The van der Waals surface area contributed by atoms with Gasteiger partial charge in [0.1, 0.15) is 16.7 Å². The maximum absolute atomic E-state index is 12.7. The second-order valence-electron chi connectivity index (χ2n) is 5.44. The van der Waals surface area contributed by atoms with Crippen LogP contribution in [0.15, 0.2) is 36.4 Å². The van der Waals surface area contributed by atoms with Crippen molar-refractivity contribution in [3.05, 3.63) is 52.1 Å². The molecule has 7 heteroatoms. The third kappa shape index (κ3) is 3.57. The van der Waals surface area contributed by atoms with Crippen molar-refractivity contribution in [2.24, 2.45) is 0 Å². The van der Waals surface area contributed by atoms with Gasteiger partial charge in [0, 0.05) is 31.2 Å². The number of carbonyl (C=O) groups excluding carboxylic acids is 1. The first-order chi connectivity index (χ1) is 11.6. The highest BCUT2D eigenvalue weighted by Gasteiger charge is 2.25. The molecule has 2 aromatic rings. The van der Waals surface area contributed by atoms with E-state index in [1.165, 1.54) is 7.11 Å². The van der Waals surface area contributed by atoms with E-state index < -0.39 is 0 Å². The lowest BCUT2D eigenvalue weighted by Crippen LogP contribution is -2.49. The molecule has 1 aliphatic rings. The number of pyridine rings is 1. The van der Waals surface area contributed by atoms with Gasteiger partial charge in [-0.1, -0.05) is 29.3 Å². The van der Waals surface area contributed by atoms with E-state index in [1.807, 2.05) is 17.0 Å². The normalized spacial score (nSPS) is 14.6. The molecular weight excluding hydrogens is 349 g/mol. The van der Waals surface area contributed by atoms with E-state index in [9.17, 15) is 4.79 Å². The van der Waals surface area contributed by atoms with Crippen LogP contribution in [0.5, 0.6) is 5.75 Å². The number of hydrogen-bond acceptors (Lipinski definition) is 4. The molecule has 2 heterocycles. The Labute approximate surface area is 150 Å². The topological polar surface area (TPSA) is 45.7 Å². The van der Waals surface area contributed by atoms with Crippen molar-refractivity contribution < 1.29 is 9.53 Å². The summed E-state index contributed by atoms with van der Waals surface area (Å²) in [6.07, 6.45) is 0. The van der Waals surface area contributed by atoms with E-state index >= 15 is 0 Å². The SMILES string of the molecule is COc1cc(Cl)ccc1C(=O)N1CCN(c2cccc(Cl)n2)CC1. The Morgan fingerprint density at radius 1 is 1.12 bits per heavy atom. The molecule has 1 aromatic heterocycles. The van der Waals surface area contributed by atoms with E-state index in [1.54, 1.807) is 24.3 Å². The summed E-state index contributed by atoms with van der Waals surface area (Å²) in [6, 6.07) is 10.6. The van der Waals surface area contributed by atoms with Gasteiger partial charge in [0.25, 0.3) is 5.91 Å². The van der Waals surface area contributed by atoms with Crippen molar-refractivity contribution in [1.82, 2.24) is 9.88 Å². The van der Waals surface area contributed by atoms with Crippen molar-refractivity contribution >= 4 is 34.9 Å². The van der Waals surface area contributed by atoms with Gasteiger partial charge in [0.05, 0.1) is 12.7 Å². The summed E-state index contributed by atoms with van der Waals surface area (Å²) in [5, 5.41) is 1.01. The monoisotopic (exact) mass is 365 g/mol. The second kappa shape index (κ2) is 7.28. The van der Waals surface area contributed by atoms with E-state index in [2.05, 4.69) is 9.88 Å². The molecule has 24 heavy (non-hydrogen) atoms. The van der Waals surface area contributed by atoms with Crippen LogP contribution in [-0.4, -0.2) is 49.1 Å². The van der Waals surface area contributed by atoms with Crippen LogP contribution in [0.3, 0.4) is 0 Å². The molecule has 126 valence electrons. The predicted octanol–water partition coefficient (Wildman–Crippen LogP) is 3.36. The summed E-state index contributed by atoms with van der Waals surface area (Å²) in [7, 11) is 1.53. The summed E-state index contributed by atoms with van der Waals surface area (Å²) in [4.78, 5) is 21.0. The fourth-order valence-electron chi connectivity index (χ4n) is 2.72. The Morgan fingerprint density at radius 3 is 2.54 bits per heavy atom. The number of benzene rings is 1. The van der Waals surface area contributed by atoms with Crippen LogP contribution >= 0.6 is 23.2 Å². The number of aromatic nitrogens is 1. The standard InChI is InChI=1S/C17H17Cl2N3O2/c1-24-14-11-12(18)5-6-13(14)17(23)22-9-7-21(8-10-22)16-4-2-3-15(19)20-16/h2-6,11H,7-10H2,1H3. The highest BCUT2D eigenvalue weighted by Crippen LogP contribution is 2.25. The van der Waals surface area contributed by atoms with Crippen molar-refractivity contribution in [2.75, 3.05) is 38.2 Å². The molecule has 0 atom stereocenters. The average molecular weight is 366 g/mol. The minimum absolute atomic E-state index is 0.0535. The Bertz CT molecular complexity index is 746. The van der Waals surface area contributed by atoms with E-state index in [-0.39, 0.29) is 5.91 Å². The summed E-state index contributed by atoms with van der Waals surface area (Å²) < 4.78 is 5.27. The largest absolute Gasteiger partial charge is 0.496 e. The number of rotatable bonds is 3. The van der Waals surface area contributed by atoms with Gasteiger partial charge in [-0.05, 0) is 30.3 Å². The van der Waals surface area contributed by atoms with E-state index in [4.69, 9.17) is 27.9 Å². The molecule has 0 aliphatic carbocycles. The molecule has 0 N–H and O–H groups in total. The van der Waals surface area contributed by atoms with Gasteiger partial charge in [-0.15, -0.1) is 0 Å². The zero-order chi connectivity index (χ0) is 17.1. The van der Waals surface area contributed by atoms with Crippen LogP contribution in [0.4, 0.5) is 5.82 Å². The predicted molar refractivity (Wildman–Crippen MR) is 95.4 cm³/mol. The third-order valence-electron chi connectivity index (χ3n) is 3.99. The zero-order valence-corrected chi connectivity index (χ0v) is 14.7. The Balaban J connectivity index is 1.69. The zero-order valence-electron chi connectivity index (χ0n) is 13.2. The molecular formula is C17H17Cl2N3O2. The summed E-state index contributed by atoms with van der Waals surface area (Å²) in [5.41, 5.74) is 0.524. The lowest BCUT2D eigenvalue weighted by Gasteiger charge is -2.35. The van der Waals surface area contributed by atoms with Gasteiger partial charge in [-0.25, -0.2) is 4.98 Å². The number of anilines is 1. The van der Waals surface area contributed by atoms with Crippen molar-refractivity contribution in [1.29, 1.82) is 0 Å². The first-order valence-electron chi connectivity index (χ1n) is 7.59. The number of amides is 1. The fourth-order valence-corrected chi connectivity index (χ4v) is 3.05. The van der Waals surface area contributed by atoms with Crippen molar-refractivity contribution in [3.63, 3.8) is 0 Å². The quantitative estimate of drug-likeness (QED) is 0.782. The summed E-state index contributed by atoms with van der Waals surface area (Å²) >= 11 is 11.9. The number of methoxy groups -OCH3 is 1. The smallest absolute Gasteiger partial charge is 0.257 e. The minimum atomic E-state index is -0.0535. The minimum Gasteiger partial charge on any atom is -0.496 e. The Morgan fingerprint density at radius 2 is 1.88 bits per heavy atom. The molecule has 1 aliphatic heterocycles. The van der Waals surface area contributed by atoms with Gasteiger partial charge in [-0.3, -0.25) is 4.79 Å². The van der Waals surface area contributed by atoms with Gasteiger partial charge in [0.15, 0.2) is 0 Å². The number of nitrogens with zero attached hydrogens (tertiary/aromatic N) is 3. The van der Waals surface area contributed by atoms with Gasteiger partial charge in [0.2, 0.25) is 0 Å². The number of ether oxygens (including phenoxy) is 1. The van der Waals surface area contributed by atoms with E-state index in [0.717, 1.165) is 5.82 Å². The van der Waals surface area contributed by atoms with Crippen LogP contribution in [0.1, 0.15) is 10.4 Å². The van der Waals surface area contributed by atoms with Crippen molar-refractivity contribution in [2.45, 2.75) is 0 Å². The second-order valence-corrected chi connectivity index (χ2v) is 6.27. The van der Waals surface area contributed by atoms with Gasteiger partial charge in [-0.2, -0.15) is 0 Å². The lowest BCUT2D eigenvalue weighted by molar-refractivity contribution is 0.0743. The third-order valence-corrected chi connectivity index (χ3v) is 4.43. The van der Waals surface area contributed by atoms with Crippen LogP contribution in [0.2, 0.25) is 10.2 Å². The number of hydrogen-bond donors (Lipinski definition) is 0. The number of halogens is 2. The molecule has 1 fully saturated rings. The molecule has 0 saturated carbocycles. The van der Waals surface area contributed by atoms with E-state index in [0.29, 0.717) is 47.7 Å². The molecule has 3 rings (SSSR count). The average Bonchev–Trinajstić information content (AvgIpc) is 2.61. The van der Waals surface area contributed by atoms with Crippen LogP contribution in [0.25, 0.3) is 0 Å². The molecule has 0 spiro atoms. The van der Waals surface area contributed by atoms with Crippen molar-refractivity contribution in [3.8, 4) is 5.75 Å². The molecule has 0 radical (unpaired) electrons. The van der Waals surface area contributed by atoms with Crippen LogP contribution in [-0.2, 0) is 0 Å². The highest BCUT2D eigenvalue weighted by atomic mass is 35.5. The molecule has 0 unspecified atom stereocenters. The highest BCUT2D eigenvalue weighted by molar-refractivity contribution is 6.31. The first kappa shape index (κ1) is 16.9. The first-order valence-corrected chi connectivity index (χ1v) is 8.34. The van der Waals surface area contributed by atoms with Crippen LogP contribution in [0, 0.1) is 0 Å². The maximum Gasteiger partial charge on any atom is 0.257 e. The molecule has 1 saturated heterocycles. The summed E-state index contributed by atoms with van der Waals surface area (Å²) in [6.45, 7) is 2.63. The molecule has 0 bridgehead atoms. The Hall–Kier alpha value is -1.98. The fraction of sp³-hybridized carbons (Fsp3) is 0.294.